The van der Waals surface area contributed by atoms with Crippen LogP contribution in [0.3, 0.4) is 0 Å². The Morgan fingerprint density at radius 3 is 2.62 bits per heavy atom. The zero-order valence-electron chi connectivity index (χ0n) is 14.1. The average molecular weight is 349 g/mol. The largest absolute Gasteiger partial charge is 0.496 e. The van der Waals surface area contributed by atoms with Crippen LogP contribution in [-0.2, 0) is 0 Å². The lowest BCUT2D eigenvalue weighted by Crippen LogP contribution is -2.12. The number of aromatic carboxylic acids is 1. The van der Waals surface area contributed by atoms with Crippen LogP contribution < -0.4 is 10.3 Å². The fraction of sp³-hybridized carbons (Fsp3) is 0.105. The lowest BCUT2D eigenvalue weighted by Gasteiger charge is -2.10. The highest BCUT2D eigenvalue weighted by Gasteiger charge is 2.19. The fourth-order valence-corrected chi connectivity index (χ4v) is 3.18. The summed E-state index contributed by atoms with van der Waals surface area (Å²) in [5.74, 6) is -0.308. The zero-order valence-corrected chi connectivity index (χ0v) is 14.1. The number of H-pyrrole nitrogens is 1. The number of carboxylic acids is 1. The molecule has 0 spiro atoms. The van der Waals surface area contributed by atoms with E-state index in [-0.39, 0.29) is 16.9 Å². The molecule has 0 saturated heterocycles. The van der Waals surface area contributed by atoms with Crippen molar-refractivity contribution >= 4 is 22.5 Å². The van der Waals surface area contributed by atoms with Gasteiger partial charge in [-0.3, -0.25) is 9.20 Å². The third-order valence-electron chi connectivity index (χ3n) is 4.34. The van der Waals surface area contributed by atoms with E-state index in [9.17, 15) is 14.7 Å². The van der Waals surface area contributed by atoms with Crippen LogP contribution >= 0.6 is 0 Å². The summed E-state index contributed by atoms with van der Waals surface area (Å²) in [6.07, 6.45) is 0. The molecule has 0 bridgehead atoms. The minimum Gasteiger partial charge on any atom is -0.496 e. The van der Waals surface area contributed by atoms with E-state index in [1.54, 1.807) is 17.4 Å². The Bertz CT molecular complexity index is 1220. The molecule has 0 fully saturated rings. The van der Waals surface area contributed by atoms with Crippen molar-refractivity contribution in [1.29, 1.82) is 0 Å². The number of nitrogens with zero attached hydrogens (tertiary/aromatic N) is 2. The third-order valence-corrected chi connectivity index (χ3v) is 4.34. The van der Waals surface area contributed by atoms with Crippen molar-refractivity contribution in [1.82, 2.24) is 14.4 Å². The highest BCUT2D eigenvalue weighted by Crippen LogP contribution is 2.29. The normalized spacial score (nSPS) is 11.2. The number of methoxy groups -OCH3 is 1. The Morgan fingerprint density at radius 2 is 1.96 bits per heavy atom. The Kier molecular flexibility index (Phi) is 3.50. The highest BCUT2D eigenvalue weighted by atomic mass is 16.5. The summed E-state index contributed by atoms with van der Waals surface area (Å²) < 4.78 is 6.98. The quantitative estimate of drug-likeness (QED) is 0.593. The van der Waals surface area contributed by atoms with Crippen molar-refractivity contribution in [3.8, 4) is 17.1 Å². The standard InChI is InChI=1S/C19H15N3O4/c1-10-16-18(23)21-13-8-12(19(24)25)15(26-2)9-14(13)22(16)17(20-10)11-6-4-3-5-7-11/h3-9H,1-2H3,(H,21,23)(H,24,25). The topological polar surface area (TPSA) is 96.7 Å². The van der Waals surface area contributed by atoms with Crippen LogP contribution in [0.15, 0.2) is 47.3 Å². The molecule has 0 radical (unpaired) electrons. The summed E-state index contributed by atoms with van der Waals surface area (Å²) >= 11 is 0. The predicted octanol–water partition coefficient (Wildman–Crippen LogP) is 2.86. The molecular formula is C19H15N3O4. The van der Waals surface area contributed by atoms with Gasteiger partial charge in [-0.15, -0.1) is 0 Å². The van der Waals surface area contributed by atoms with Crippen molar-refractivity contribution in [2.45, 2.75) is 6.92 Å². The number of ether oxygens (including phenoxy) is 1. The minimum absolute atomic E-state index is 0.0203. The number of aromatic amines is 1. The van der Waals surface area contributed by atoms with Crippen LogP contribution in [0.1, 0.15) is 16.1 Å². The number of carboxylic acid groups (broad SMARTS) is 1. The Labute approximate surface area is 147 Å². The number of rotatable bonds is 3. The molecular weight excluding hydrogens is 334 g/mol. The summed E-state index contributed by atoms with van der Waals surface area (Å²) in [5, 5.41) is 9.38. The smallest absolute Gasteiger partial charge is 0.339 e. The Morgan fingerprint density at radius 1 is 1.23 bits per heavy atom. The van der Waals surface area contributed by atoms with Gasteiger partial charge in [0.15, 0.2) is 0 Å². The molecule has 4 aromatic rings. The fourth-order valence-electron chi connectivity index (χ4n) is 3.18. The van der Waals surface area contributed by atoms with Crippen molar-refractivity contribution in [3.05, 3.63) is 64.1 Å². The lowest BCUT2D eigenvalue weighted by molar-refractivity contribution is 0.0693. The molecule has 130 valence electrons. The molecule has 0 atom stereocenters. The number of fused-ring (bicyclic) bond motifs is 3. The predicted molar refractivity (Wildman–Crippen MR) is 97.0 cm³/mol. The molecule has 0 aliphatic carbocycles. The maximum Gasteiger partial charge on any atom is 0.339 e. The molecule has 0 saturated carbocycles. The molecule has 0 amide bonds. The van der Waals surface area contributed by atoms with E-state index >= 15 is 0 Å². The van der Waals surface area contributed by atoms with Crippen molar-refractivity contribution < 1.29 is 14.6 Å². The van der Waals surface area contributed by atoms with Gasteiger partial charge in [-0.1, -0.05) is 30.3 Å². The zero-order chi connectivity index (χ0) is 18.4. The number of benzene rings is 2. The molecule has 0 aliphatic rings. The van der Waals surface area contributed by atoms with Gasteiger partial charge >= 0.3 is 5.97 Å². The second kappa shape index (κ2) is 5.73. The average Bonchev–Trinajstić information content (AvgIpc) is 3.00. The number of nitrogens with one attached hydrogen (secondary N) is 1. The van der Waals surface area contributed by atoms with Crippen LogP contribution in [0.4, 0.5) is 0 Å². The molecule has 26 heavy (non-hydrogen) atoms. The van der Waals surface area contributed by atoms with Gasteiger partial charge in [0.25, 0.3) is 5.56 Å². The SMILES string of the molecule is COc1cc2c(cc1C(=O)O)[nH]c(=O)c1c(C)nc(-c3ccccc3)n12. The van der Waals surface area contributed by atoms with Gasteiger partial charge in [-0.25, -0.2) is 9.78 Å². The number of aryl methyl sites for hydroxylation is 1. The molecule has 2 aromatic heterocycles. The monoisotopic (exact) mass is 349 g/mol. The van der Waals surface area contributed by atoms with E-state index in [0.29, 0.717) is 28.1 Å². The Hall–Kier alpha value is -3.61. The van der Waals surface area contributed by atoms with Gasteiger partial charge in [0.1, 0.15) is 22.7 Å². The van der Waals surface area contributed by atoms with E-state index in [0.717, 1.165) is 5.56 Å². The maximum atomic E-state index is 12.6. The van der Waals surface area contributed by atoms with Gasteiger partial charge in [0.05, 0.1) is 23.8 Å². The van der Waals surface area contributed by atoms with Crippen LogP contribution in [0.2, 0.25) is 0 Å². The third kappa shape index (κ3) is 2.25. The summed E-state index contributed by atoms with van der Waals surface area (Å²) in [7, 11) is 1.41. The lowest BCUT2D eigenvalue weighted by atomic mass is 10.1. The summed E-state index contributed by atoms with van der Waals surface area (Å²) in [4.78, 5) is 31.4. The molecule has 0 aliphatic heterocycles. The van der Waals surface area contributed by atoms with Gasteiger partial charge in [0, 0.05) is 11.6 Å². The first-order valence-electron chi connectivity index (χ1n) is 7.93. The van der Waals surface area contributed by atoms with E-state index < -0.39 is 5.97 Å². The molecule has 7 nitrogen and oxygen atoms in total. The van der Waals surface area contributed by atoms with Gasteiger partial charge < -0.3 is 14.8 Å². The first-order valence-corrected chi connectivity index (χ1v) is 7.93. The minimum atomic E-state index is -1.13. The Balaban J connectivity index is 2.21. The summed E-state index contributed by atoms with van der Waals surface area (Å²) in [6.45, 7) is 1.77. The number of imidazole rings is 1. The highest BCUT2D eigenvalue weighted by molar-refractivity contribution is 5.96. The maximum absolute atomic E-state index is 12.6. The first kappa shape index (κ1) is 15.9. The molecule has 7 heteroatoms. The van der Waals surface area contributed by atoms with Crippen LogP contribution in [0.5, 0.6) is 5.75 Å². The van der Waals surface area contributed by atoms with E-state index in [1.165, 1.54) is 13.2 Å². The van der Waals surface area contributed by atoms with E-state index in [1.807, 2.05) is 30.3 Å². The number of hydrogen-bond donors (Lipinski definition) is 2. The number of hydrogen-bond acceptors (Lipinski definition) is 4. The molecule has 0 unspecified atom stereocenters. The van der Waals surface area contributed by atoms with Crippen molar-refractivity contribution in [2.75, 3.05) is 7.11 Å². The van der Waals surface area contributed by atoms with Gasteiger partial charge in [-0.2, -0.15) is 0 Å². The van der Waals surface area contributed by atoms with Gasteiger partial charge in [-0.05, 0) is 13.0 Å². The summed E-state index contributed by atoms with van der Waals surface area (Å²) in [6, 6.07) is 12.5. The summed E-state index contributed by atoms with van der Waals surface area (Å²) in [5.41, 5.74) is 2.52. The first-order chi connectivity index (χ1) is 12.5. The molecule has 4 rings (SSSR count). The van der Waals surface area contributed by atoms with Crippen molar-refractivity contribution in [2.24, 2.45) is 0 Å². The van der Waals surface area contributed by atoms with Crippen molar-refractivity contribution in [3.63, 3.8) is 0 Å². The van der Waals surface area contributed by atoms with E-state index in [4.69, 9.17) is 4.74 Å². The second-order valence-corrected chi connectivity index (χ2v) is 5.90. The molecule has 2 heterocycles. The second-order valence-electron chi connectivity index (χ2n) is 5.90. The van der Waals surface area contributed by atoms with Gasteiger partial charge in [0.2, 0.25) is 0 Å². The molecule has 2 N–H and O–H groups in total. The number of carbonyl (C=O) groups is 1. The van der Waals surface area contributed by atoms with Crippen LogP contribution in [-0.4, -0.2) is 32.6 Å². The molecule has 2 aromatic carbocycles. The van der Waals surface area contributed by atoms with Crippen LogP contribution in [0.25, 0.3) is 27.9 Å². The van der Waals surface area contributed by atoms with Crippen LogP contribution in [0, 0.1) is 6.92 Å². The number of aromatic nitrogens is 3. The van der Waals surface area contributed by atoms with E-state index in [2.05, 4.69) is 9.97 Å².